The Morgan fingerprint density at radius 1 is 1.67 bits per heavy atom. The summed E-state index contributed by atoms with van der Waals surface area (Å²) >= 11 is 1.65. The molecule has 1 unspecified atom stereocenters. The Labute approximate surface area is 94.7 Å². The van der Waals surface area contributed by atoms with Gasteiger partial charge in [0, 0.05) is 17.3 Å². The molecule has 3 nitrogen and oxygen atoms in total. The number of rotatable bonds is 6. The molecule has 0 aliphatic carbocycles. The Morgan fingerprint density at radius 2 is 2.47 bits per heavy atom. The maximum absolute atomic E-state index is 11.4. The van der Waals surface area contributed by atoms with Crippen molar-refractivity contribution < 1.29 is 4.79 Å². The van der Waals surface area contributed by atoms with Crippen LogP contribution in [0.3, 0.4) is 0 Å². The fourth-order valence-electron chi connectivity index (χ4n) is 1.38. The second-order valence-corrected chi connectivity index (χ2v) is 4.64. The summed E-state index contributed by atoms with van der Waals surface area (Å²) < 4.78 is 0. The lowest BCUT2D eigenvalue weighted by atomic mass is 10.1. The van der Waals surface area contributed by atoms with Gasteiger partial charge in [-0.05, 0) is 17.9 Å². The smallest absolute Gasteiger partial charge is 0.221 e. The van der Waals surface area contributed by atoms with Crippen LogP contribution in [0.2, 0.25) is 0 Å². The predicted octanol–water partition coefficient (Wildman–Crippen LogP) is 1.88. The maximum Gasteiger partial charge on any atom is 0.221 e. The molecular formula is C11H18N2OS. The first-order valence-electron chi connectivity index (χ1n) is 5.27. The molecule has 0 aliphatic rings. The van der Waals surface area contributed by atoms with E-state index in [1.54, 1.807) is 11.3 Å². The van der Waals surface area contributed by atoms with Crippen molar-refractivity contribution in [1.29, 1.82) is 0 Å². The number of nitrogens with two attached hydrogens (primary N) is 1. The fourth-order valence-corrected chi connectivity index (χ4v) is 2.03. The largest absolute Gasteiger partial charge is 0.351 e. The van der Waals surface area contributed by atoms with E-state index in [0.717, 1.165) is 12.8 Å². The molecule has 0 radical (unpaired) electrons. The van der Waals surface area contributed by atoms with E-state index in [-0.39, 0.29) is 11.9 Å². The van der Waals surface area contributed by atoms with Crippen molar-refractivity contribution in [3.05, 3.63) is 22.4 Å². The van der Waals surface area contributed by atoms with Gasteiger partial charge in [0.1, 0.15) is 0 Å². The van der Waals surface area contributed by atoms with Crippen molar-refractivity contribution in [2.24, 2.45) is 5.73 Å². The van der Waals surface area contributed by atoms with Gasteiger partial charge in [-0.2, -0.15) is 0 Å². The standard InChI is InChI=1S/C11H18N2OS/c1-2-4-9(12)7-11(14)13-8-10-5-3-6-15-10/h3,5-6,9H,2,4,7-8,12H2,1H3,(H,13,14). The highest BCUT2D eigenvalue weighted by molar-refractivity contribution is 7.09. The lowest BCUT2D eigenvalue weighted by Gasteiger charge is -2.09. The molecule has 1 aromatic rings. The molecule has 0 aromatic carbocycles. The molecule has 0 fully saturated rings. The maximum atomic E-state index is 11.4. The second kappa shape index (κ2) is 6.58. The summed E-state index contributed by atoms with van der Waals surface area (Å²) in [6.45, 7) is 2.69. The van der Waals surface area contributed by atoms with Crippen LogP contribution in [0.1, 0.15) is 31.1 Å². The van der Waals surface area contributed by atoms with Gasteiger partial charge in [0.05, 0.1) is 6.54 Å². The van der Waals surface area contributed by atoms with E-state index in [9.17, 15) is 4.79 Å². The normalized spacial score (nSPS) is 12.4. The molecule has 0 aliphatic heterocycles. The van der Waals surface area contributed by atoms with Gasteiger partial charge < -0.3 is 11.1 Å². The first-order valence-corrected chi connectivity index (χ1v) is 6.15. The third-order valence-electron chi connectivity index (χ3n) is 2.15. The Kier molecular flexibility index (Phi) is 5.36. The van der Waals surface area contributed by atoms with E-state index in [4.69, 9.17) is 5.73 Å². The lowest BCUT2D eigenvalue weighted by molar-refractivity contribution is -0.121. The van der Waals surface area contributed by atoms with Gasteiger partial charge in [-0.25, -0.2) is 0 Å². The van der Waals surface area contributed by atoms with Crippen molar-refractivity contribution >= 4 is 17.2 Å². The van der Waals surface area contributed by atoms with Crippen LogP contribution in [0.25, 0.3) is 0 Å². The van der Waals surface area contributed by atoms with Gasteiger partial charge >= 0.3 is 0 Å². The molecule has 3 N–H and O–H groups in total. The summed E-state index contributed by atoms with van der Waals surface area (Å²) in [6, 6.07) is 3.99. The highest BCUT2D eigenvalue weighted by Gasteiger charge is 2.08. The Hall–Kier alpha value is -0.870. The minimum atomic E-state index is -0.00154. The van der Waals surface area contributed by atoms with Gasteiger partial charge in [0.2, 0.25) is 5.91 Å². The Morgan fingerprint density at radius 3 is 3.07 bits per heavy atom. The molecule has 0 saturated carbocycles. The monoisotopic (exact) mass is 226 g/mol. The van der Waals surface area contributed by atoms with Gasteiger partial charge in [-0.3, -0.25) is 4.79 Å². The number of carbonyl (C=O) groups is 1. The van der Waals surface area contributed by atoms with Gasteiger partial charge in [-0.1, -0.05) is 19.4 Å². The zero-order chi connectivity index (χ0) is 11.1. The van der Waals surface area contributed by atoms with Gasteiger partial charge in [-0.15, -0.1) is 11.3 Å². The van der Waals surface area contributed by atoms with E-state index in [2.05, 4.69) is 12.2 Å². The molecule has 1 amide bonds. The molecule has 1 aromatic heterocycles. The summed E-state index contributed by atoms with van der Waals surface area (Å²) in [5.74, 6) is 0.0457. The van der Waals surface area contributed by atoms with Crippen LogP contribution in [0.5, 0.6) is 0 Å². The van der Waals surface area contributed by atoms with Crippen molar-refractivity contribution in [2.45, 2.75) is 38.8 Å². The molecule has 1 heterocycles. The second-order valence-electron chi connectivity index (χ2n) is 3.61. The van der Waals surface area contributed by atoms with E-state index < -0.39 is 0 Å². The van der Waals surface area contributed by atoms with Gasteiger partial charge in [0.25, 0.3) is 0 Å². The van der Waals surface area contributed by atoms with Crippen LogP contribution in [0, 0.1) is 0 Å². The van der Waals surface area contributed by atoms with Crippen molar-refractivity contribution in [2.75, 3.05) is 0 Å². The molecule has 1 rings (SSSR count). The van der Waals surface area contributed by atoms with Crippen LogP contribution in [-0.2, 0) is 11.3 Å². The van der Waals surface area contributed by atoms with E-state index in [1.165, 1.54) is 4.88 Å². The van der Waals surface area contributed by atoms with Crippen LogP contribution >= 0.6 is 11.3 Å². The predicted molar refractivity (Wildman–Crippen MR) is 63.7 cm³/mol. The van der Waals surface area contributed by atoms with Crippen LogP contribution in [-0.4, -0.2) is 11.9 Å². The minimum Gasteiger partial charge on any atom is -0.351 e. The first-order chi connectivity index (χ1) is 7.22. The fraction of sp³-hybridized carbons (Fsp3) is 0.545. The van der Waals surface area contributed by atoms with Crippen LogP contribution < -0.4 is 11.1 Å². The number of amides is 1. The number of carbonyl (C=O) groups excluding carboxylic acids is 1. The van der Waals surface area contributed by atoms with E-state index in [1.807, 2.05) is 17.5 Å². The quantitative estimate of drug-likeness (QED) is 0.778. The molecule has 1 atom stereocenters. The lowest BCUT2D eigenvalue weighted by Crippen LogP contribution is -2.31. The van der Waals surface area contributed by atoms with Crippen molar-refractivity contribution in [3.63, 3.8) is 0 Å². The molecule has 0 saturated heterocycles. The number of thiophene rings is 1. The number of hydrogen-bond donors (Lipinski definition) is 2. The van der Waals surface area contributed by atoms with Crippen LogP contribution in [0.15, 0.2) is 17.5 Å². The zero-order valence-electron chi connectivity index (χ0n) is 9.03. The van der Waals surface area contributed by atoms with Crippen molar-refractivity contribution in [3.8, 4) is 0 Å². The van der Waals surface area contributed by atoms with Crippen molar-refractivity contribution in [1.82, 2.24) is 5.32 Å². The van der Waals surface area contributed by atoms with Crippen LogP contribution in [0.4, 0.5) is 0 Å². The third-order valence-corrected chi connectivity index (χ3v) is 3.02. The SMILES string of the molecule is CCCC(N)CC(=O)NCc1cccs1. The first kappa shape index (κ1) is 12.2. The molecule has 15 heavy (non-hydrogen) atoms. The van der Waals surface area contributed by atoms with E-state index >= 15 is 0 Å². The summed E-state index contributed by atoms with van der Waals surface area (Å²) in [7, 11) is 0. The number of nitrogens with one attached hydrogen (secondary N) is 1. The van der Waals surface area contributed by atoms with E-state index in [0.29, 0.717) is 13.0 Å². The molecule has 4 heteroatoms. The Balaban J connectivity index is 2.19. The molecule has 0 bridgehead atoms. The minimum absolute atomic E-state index is 0.00154. The summed E-state index contributed by atoms with van der Waals surface area (Å²) in [5, 5.41) is 4.87. The Bertz CT molecular complexity index is 285. The molecule has 84 valence electrons. The number of hydrogen-bond acceptors (Lipinski definition) is 3. The van der Waals surface area contributed by atoms with Gasteiger partial charge in [0.15, 0.2) is 0 Å². The zero-order valence-corrected chi connectivity index (χ0v) is 9.85. The summed E-state index contributed by atoms with van der Waals surface area (Å²) in [4.78, 5) is 12.6. The average molecular weight is 226 g/mol. The molecular weight excluding hydrogens is 208 g/mol. The highest BCUT2D eigenvalue weighted by atomic mass is 32.1. The summed E-state index contributed by atoms with van der Waals surface area (Å²) in [6.07, 6.45) is 2.37. The highest BCUT2D eigenvalue weighted by Crippen LogP contribution is 2.07. The average Bonchev–Trinajstić information content (AvgIpc) is 2.67. The topological polar surface area (TPSA) is 55.1 Å². The third kappa shape index (κ3) is 4.95. The molecule has 0 spiro atoms. The summed E-state index contributed by atoms with van der Waals surface area (Å²) in [5.41, 5.74) is 5.78.